The van der Waals surface area contributed by atoms with Crippen LogP contribution in [0.5, 0.6) is 0 Å². The molecule has 2 aromatic rings. The number of nitrogen functional groups attached to an aromatic ring is 1. The minimum Gasteiger partial charge on any atom is -0.468 e. The quantitative estimate of drug-likeness (QED) is 0.702. The molecule has 0 aliphatic rings. The largest absolute Gasteiger partial charge is 0.468 e. The molecule has 0 aliphatic carbocycles. The summed E-state index contributed by atoms with van der Waals surface area (Å²) < 4.78 is 6.23. The first kappa shape index (κ1) is 10.2. The Morgan fingerprint density at radius 1 is 1.69 bits per heavy atom. The number of aromatic nitrogens is 3. The summed E-state index contributed by atoms with van der Waals surface area (Å²) in [5.74, 6) is 0.419. The summed E-state index contributed by atoms with van der Waals surface area (Å²) in [7, 11) is 1.32. The molecule has 0 saturated heterocycles. The fourth-order valence-electron chi connectivity index (χ4n) is 1.30. The number of imidazole rings is 1. The number of ether oxygens (including phenoxy) is 1. The van der Waals surface area contributed by atoms with Crippen molar-refractivity contribution in [1.82, 2.24) is 14.4 Å². The Balaban J connectivity index is 2.28. The third-order valence-corrected chi connectivity index (χ3v) is 2.02. The highest BCUT2D eigenvalue weighted by Crippen LogP contribution is 2.13. The van der Waals surface area contributed by atoms with Gasteiger partial charge in [0.05, 0.1) is 13.3 Å². The molecule has 0 spiro atoms. The molecule has 0 amide bonds. The highest BCUT2D eigenvalue weighted by molar-refractivity contribution is 5.76. The highest BCUT2D eigenvalue weighted by Gasteiger charge is 2.07. The van der Waals surface area contributed by atoms with Crippen molar-refractivity contribution in [2.45, 2.75) is 0 Å². The predicted molar refractivity (Wildman–Crippen MR) is 57.9 cm³/mol. The first-order valence-electron chi connectivity index (χ1n) is 4.60. The summed E-state index contributed by atoms with van der Waals surface area (Å²) in [6.45, 7) is 0.0233. The zero-order valence-electron chi connectivity index (χ0n) is 8.67. The average molecular weight is 221 g/mol. The zero-order chi connectivity index (χ0) is 11.5. The Morgan fingerprint density at radius 2 is 2.50 bits per heavy atom. The van der Waals surface area contributed by atoms with E-state index in [1.165, 1.54) is 7.11 Å². The van der Waals surface area contributed by atoms with Crippen molar-refractivity contribution in [1.29, 1.82) is 0 Å². The van der Waals surface area contributed by atoms with Crippen molar-refractivity contribution in [3.05, 3.63) is 18.6 Å². The maximum absolute atomic E-state index is 11.0. The maximum Gasteiger partial charge on any atom is 0.325 e. The molecule has 0 radical (unpaired) electrons. The second kappa shape index (κ2) is 4.05. The van der Waals surface area contributed by atoms with E-state index in [-0.39, 0.29) is 12.5 Å². The van der Waals surface area contributed by atoms with Gasteiger partial charge in [-0.2, -0.15) is 0 Å². The van der Waals surface area contributed by atoms with Gasteiger partial charge < -0.3 is 20.2 Å². The second-order valence-corrected chi connectivity index (χ2v) is 3.10. The van der Waals surface area contributed by atoms with E-state index < -0.39 is 0 Å². The summed E-state index contributed by atoms with van der Waals surface area (Å²) in [6.07, 6.45) is 5.02. The summed E-state index contributed by atoms with van der Waals surface area (Å²) in [5.41, 5.74) is 6.22. The third kappa shape index (κ3) is 1.88. The summed E-state index contributed by atoms with van der Waals surface area (Å²) in [5, 5.41) is 2.82. The van der Waals surface area contributed by atoms with E-state index in [0.29, 0.717) is 17.3 Å². The summed E-state index contributed by atoms with van der Waals surface area (Å²) in [6, 6.07) is 0. The number of nitrogens with two attached hydrogens (primary N) is 1. The number of carbonyl (C=O) groups excluding carboxylic acids is 1. The molecule has 0 atom stereocenters. The van der Waals surface area contributed by atoms with Gasteiger partial charge in [0.2, 0.25) is 0 Å². The van der Waals surface area contributed by atoms with E-state index in [2.05, 4.69) is 20.0 Å². The standard InChI is InChI=1S/C9H11N5O2/c1-16-7(15)4-12-8-9-11-2-3-14(9)5-6(10)13-8/h2-3,5H,4,10H2,1H3,(H,12,13). The van der Waals surface area contributed by atoms with E-state index in [1.807, 2.05) is 0 Å². The van der Waals surface area contributed by atoms with Crippen LogP contribution in [0.2, 0.25) is 0 Å². The number of hydrogen-bond donors (Lipinski definition) is 2. The van der Waals surface area contributed by atoms with Crippen molar-refractivity contribution in [2.24, 2.45) is 0 Å². The number of nitrogens with zero attached hydrogens (tertiary/aromatic N) is 3. The van der Waals surface area contributed by atoms with Gasteiger partial charge in [0.1, 0.15) is 12.4 Å². The zero-order valence-corrected chi connectivity index (χ0v) is 8.67. The van der Waals surface area contributed by atoms with Gasteiger partial charge in [0.15, 0.2) is 11.5 Å². The van der Waals surface area contributed by atoms with E-state index in [1.54, 1.807) is 23.0 Å². The van der Waals surface area contributed by atoms with Gasteiger partial charge in [-0.15, -0.1) is 0 Å². The van der Waals surface area contributed by atoms with Crippen LogP contribution < -0.4 is 11.1 Å². The third-order valence-electron chi connectivity index (χ3n) is 2.02. The molecule has 2 heterocycles. The minimum absolute atomic E-state index is 0.0233. The second-order valence-electron chi connectivity index (χ2n) is 3.10. The number of anilines is 2. The number of fused-ring (bicyclic) bond motifs is 1. The van der Waals surface area contributed by atoms with Crippen molar-refractivity contribution in [3.63, 3.8) is 0 Å². The Bertz CT molecular complexity index is 522. The molecule has 2 aromatic heterocycles. The smallest absolute Gasteiger partial charge is 0.325 e. The number of methoxy groups -OCH3 is 1. The van der Waals surface area contributed by atoms with Crippen LogP contribution in [0.25, 0.3) is 5.65 Å². The molecule has 0 unspecified atom stereocenters. The van der Waals surface area contributed by atoms with Gasteiger partial charge in [-0.3, -0.25) is 4.79 Å². The van der Waals surface area contributed by atoms with Crippen LogP contribution in [0.15, 0.2) is 18.6 Å². The lowest BCUT2D eigenvalue weighted by molar-refractivity contribution is -0.138. The number of hydrogen-bond acceptors (Lipinski definition) is 6. The van der Waals surface area contributed by atoms with E-state index in [0.717, 1.165) is 0 Å². The van der Waals surface area contributed by atoms with Crippen LogP contribution in [0.3, 0.4) is 0 Å². The maximum atomic E-state index is 11.0. The molecular weight excluding hydrogens is 210 g/mol. The molecule has 0 saturated carbocycles. The van der Waals surface area contributed by atoms with E-state index in [9.17, 15) is 4.79 Å². The fraction of sp³-hybridized carbons (Fsp3) is 0.222. The lowest BCUT2D eigenvalue weighted by Crippen LogP contribution is -2.16. The van der Waals surface area contributed by atoms with Crippen molar-refractivity contribution in [2.75, 3.05) is 24.7 Å². The van der Waals surface area contributed by atoms with Gasteiger partial charge in [-0.1, -0.05) is 0 Å². The van der Waals surface area contributed by atoms with Gasteiger partial charge in [-0.25, -0.2) is 9.97 Å². The van der Waals surface area contributed by atoms with E-state index >= 15 is 0 Å². The lowest BCUT2D eigenvalue weighted by Gasteiger charge is -2.06. The van der Waals surface area contributed by atoms with Crippen molar-refractivity contribution in [3.8, 4) is 0 Å². The Hall–Kier alpha value is -2.31. The Morgan fingerprint density at radius 3 is 3.25 bits per heavy atom. The van der Waals surface area contributed by atoms with Crippen molar-refractivity contribution < 1.29 is 9.53 Å². The first-order chi connectivity index (χ1) is 7.70. The number of nitrogens with one attached hydrogen (secondary N) is 1. The van der Waals surface area contributed by atoms with Crippen LogP contribution in [-0.2, 0) is 9.53 Å². The predicted octanol–water partition coefficient (Wildman–Crippen LogP) is -0.104. The molecule has 2 rings (SSSR count). The van der Waals surface area contributed by atoms with Crippen LogP contribution in [0, 0.1) is 0 Å². The molecule has 0 aromatic carbocycles. The van der Waals surface area contributed by atoms with Gasteiger partial charge in [-0.05, 0) is 0 Å². The molecule has 7 nitrogen and oxygen atoms in total. The molecular formula is C9H11N5O2. The monoisotopic (exact) mass is 221 g/mol. The number of esters is 1. The van der Waals surface area contributed by atoms with Gasteiger partial charge in [0.25, 0.3) is 0 Å². The summed E-state index contributed by atoms with van der Waals surface area (Å²) >= 11 is 0. The molecule has 84 valence electrons. The molecule has 3 N–H and O–H groups in total. The Kier molecular flexibility index (Phi) is 2.59. The molecule has 0 bridgehead atoms. The minimum atomic E-state index is -0.381. The molecule has 7 heteroatoms. The fourth-order valence-corrected chi connectivity index (χ4v) is 1.30. The van der Waals surface area contributed by atoms with Crippen LogP contribution in [0.1, 0.15) is 0 Å². The van der Waals surface area contributed by atoms with Crippen LogP contribution in [-0.4, -0.2) is 34.0 Å². The van der Waals surface area contributed by atoms with Crippen LogP contribution in [0.4, 0.5) is 11.6 Å². The number of rotatable bonds is 3. The van der Waals surface area contributed by atoms with Gasteiger partial charge >= 0.3 is 5.97 Å². The highest BCUT2D eigenvalue weighted by atomic mass is 16.5. The lowest BCUT2D eigenvalue weighted by atomic mass is 10.5. The normalized spacial score (nSPS) is 10.3. The van der Waals surface area contributed by atoms with Gasteiger partial charge in [0, 0.05) is 12.4 Å². The first-order valence-corrected chi connectivity index (χ1v) is 4.60. The topological polar surface area (TPSA) is 94.5 Å². The van der Waals surface area contributed by atoms with Crippen LogP contribution >= 0.6 is 0 Å². The molecule has 0 aliphatic heterocycles. The average Bonchev–Trinajstić information content (AvgIpc) is 2.73. The van der Waals surface area contributed by atoms with E-state index in [4.69, 9.17) is 5.73 Å². The molecule has 16 heavy (non-hydrogen) atoms. The Labute approximate surface area is 91.2 Å². The SMILES string of the molecule is COC(=O)CNc1nc(N)cn2ccnc12. The number of carbonyl (C=O) groups is 1. The molecule has 0 fully saturated rings. The summed E-state index contributed by atoms with van der Waals surface area (Å²) in [4.78, 5) is 19.1. The van der Waals surface area contributed by atoms with Crippen molar-refractivity contribution >= 4 is 23.3 Å².